The Kier molecular flexibility index (Phi) is 5.03. The van der Waals surface area contributed by atoms with Gasteiger partial charge in [-0.05, 0) is 33.2 Å². The van der Waals surface area contributed by atoms with Crippen LogP contribution in [0.25, 0.3) is 0 Å². The molecule has 1 aliphatic heterocycles. The lowest BCUT2D eigenvalue weighted by molar-refractivity contribution is 0.0670. The van der Waals surface area contributed by atoms with Crippen LogP contribution in [0.4, 0.5) is 0 Å². The van der Waals surface area contributed by atoms with Gasteiger partial charge in [-0.3, -0.25) is 9.80 Å². The summed E-state index contributed by atoms with van der Waals surface area (Å²) in [6.07, 6.45) is 0. The highest BCUT2D eigenvalue weighted by Crippen LogP contribution is 2.13. The van der Waals surface area contributed by atoms with E-state index in [1.54, 1.807) is 0 Å². The first-order valence-corrected chi connectivity index (χ1v) is 6.24. The molecule has 0 aliphatic carbocycles. The third-order valence-electron chi connectivity index (χ3n) is 3.85. The van der Waals surface area contributed by atoms with Crippen LogP contribution in [0.15, 0.2) is 0 Å². The Morgan fingerprint density at radius 2 is 1.40 bits per heavy atom. The summed E-state index contributed by atoms with van der Waals surface area (Å²) < 4.78 is 0. The van der Waals surface area contributed by atoms with E-state index in [4.69, 9.17) is 5.73 Å². The van der Waals surface area contributed by atoms with Crippen molar-refractivity contribution in [2.24, 2.45) is 11.7 Å². The van der Waals surface area contributed by atoms with Crippen molar-refractivity contribution in [1.82, 2.24) is 9.80 Å². The van der Waals surface area contributed by atoms with Crippen LogP contribution in [0.2, 0.25) is 0 Å². The molecule has 90 valence electrons. The number of nitrogens with zero attached hydrogens (tertiary/aromatic N) is 2. The Balaban J connectivity index is 2.36. The van der Waals surface area contributed by atoms with E-state index in [1.807, 2.05) is 0 Å². The van der Waals surface area contributed by atoms with Crippen molar-refractivity contribution in [3.05, 3.63) is 0 Å². The third kappa shape index (κ3) is 3.44. The van der Waals surface area contributed by atoms with Gasteiger partial charge < -0.3 is 5.73 Å². The average molecular weight is 213 g/mol. The summed E-state index contributed by atoms with van der Waals surface area (Å²) in [7, 11) is 0. The van der Waals surface area contributed by atoms with E-state index in [2.05, 4.69) is 37.5 Å². The first-order chi connectivity index (χ1) is 7.06. The second-order valence-electron chi connectivity index (χ2n) is 5.12. The average Bonchev–Trinajstić information content (AvgIpc) is 2.27. The molecule has 1 heterocycles. The molecule has 0 amide bonds. The van der Waals surface area contributed by atoms with Gasteiger partial charge in [-0.15, -0.1) is 0 Å². The zero-order chi connectivity index (χ0) is 11.4. The molecule has 0 spiro atoms. The lowest BCUT2D eigenvalue weighted by Crippen LogP contribution is -2.53. The van der Waals surface area contributed by atoms with Crippen LogP contribution in [-0.2, 0) is 0 Å². The summed E-state index contributed by atoms with van der Waals surface area (Å²) in [5, 5.41) is 0. The summed E-state index contributed by atoms with van der Waals surface area (Å²) in [4.78, 5) is 5.13. The summed E-state index contributed by atoms with van der Waals surface area (Å²) in [5.41, 5.74) is 5.72. The maximum atomic E-state index is 5.72. The molecule has 0 aromatic carbocycles. The van der Waals surface area contributed by atoms with Gasteiger partial charge in [0.1, 0.15) is 0 Å². The van der Waals surface area contributed by atoms with E-state index in [9.17, 15) is 0 Å². The summed E-state index contributed by atoms with van der Waals surface area (Å²) in [6.45, 7) is 14.7. The van der Waals surface area contributed by atoms with E-state index < -0.39 is 0 Å². The molecule has 0 aromatic rings. The van der Waals surface area contributed by atoms with Crippen LogP contribution in [0.5, 0.6) is 0 Å². The van der Waals surface area contributed by atoms with Gasteiger partial charge in [-0.1, -0.05) is 6.92 Å². The van der Waals surface area contributed by atoms with Crippen molar-refractivity contribution >= 4 is 0 Å². The molecular weight excluding hydrogens is 186 g/mol. The first kappa shape index (κ1) is 12.9. The van der Waals surface area contributed by atoms with Gasteiger partial charge in [0.05, 0.1) is 0 Å². The highest BCUT2D eigenvalue weighted by molar-refractivity contribution is 4.80. The Labute approximate surface area is 94.6 Å². The second kappa shape index (κ2) is 5.83. The van der Waals surface area contributed by atoms with Crippen LogP contribution in [-0.4, -0.2) is 54.6 Å². The van der Waals surface area contributed by atoms with Crippen LogP contribution in [0, 0.1) is 5.92 Å². The van der Waals surface area contributed by atoms with Crippen LogP contribution in [0.1, 0.15) is 27.7 Å². The quantitative estimate of drug-likeness (QED) is 0.756. The minimum absolute atomic E-state index is 0.607. The van der Waals surface area contributed by atoms with Crippen molar-refractivity contribution in [3.8, 4) is 0 Å². The first-order valence-electron chi connectivity index (χ1n) is 6.24. The Morgan fingerprint density at radius 1 is 0.933 bits per heavy atom. The number of piperazine rings is 1. The summed E-state index contributed by atoms with van der Waals surface area (Å²) in [6, 6.07) is 1.32. The van der Waals surface area contributed by atoms with Gasteiger partial charge in [0.2, 0.25) is 0 Å². The fraction of sp³-hybridized carbons (Fsp3) is 1.00. The standard InChI is InChI=1S/C12H27N3/c1-10(2)14-5-7-15(8-6-14)12(4)11(3)9-13/h10-12H,5-9,13H2,1-4H3. The van der Waals surface area contributed by atoms with Crippen LogP contribution in [0.3, 0.4) is 0 Å². The smallest absolute Gasteiger partial charge is 0.0113 e. The maximum Gasteiger partial charge on any atom is 0.0113 e. The van der Waals surface area contributed by atoms with Gasteiger partial charge >= 0.3 is 0 Å². The van der Waals surface area contributed by atoms with Gasteiger partial charge in [-0.25, -0.2) is 0 Å². The van der Waals surface area contributed by atoms with Gasteiger partial charge in [0.25, 0.3) is 0 Å². The van der Waals surface area contributed by atoms with Gasteiger partial charge in [0.15, 0.2) is 0 Å². The molecule has 0 aromatic heterocycles. The lowest BCUT2D eigenvalue weighted by atomic mass is 10.0. The zero-order valence-electron chi connectivity index (χ0n) is 10.7. The zero-order valence-corrected chi connectivity index (χ0v) is 10.7. The second-order valence-corrected chi connectivity index (χ2v) is 5.12. The fourth-order valence-electron chi connectivity index (χ4n) is 2.22. The Morgan fingerprint density at radius 3 is 1.80 bits per heavy atom. The SMILES string of the molecule is CC(CN)C(C)N1CCN(C(C)C)CC1. The molecule has 0 bridgehead atoms. The summed E-state index contributed by atoms with van der Waals surface area (Å²) in [5.74, 6) is 0.607. The van der Waals surface area contributed by atoms with E-state index in [0.717, 1.165) is 6.54 Å². The molecular formula is C12H27N3. The van der Waals surface area contributed by atoms with Crippen molar-refractivity contribution in [1.29, 1.82) is 0 Å². The normalized spacial score (nSPS) is 24.4. The minimum Gasteiger partial charge on any atom is -0.330 e. The Bertz CT molecular complexity index is 174. The van der Waals surface area contributed by atoms with E-state index in [1.165, 1.54) is 26.2 Å². The molecule has 2 N–H and O–H groups in total. The topological polar surface area (TPSA) is 32.5 Å². The van der Waals surface area contributed by atoms with Gasteiger partial charge in [-0.2, -0.15) is 0 Å². The molecule has 0 saturated carbocycles. The van der Waals surface area contributed by atoms with Crippen molar-refractivity contribution in [2.75, 3.05) is 32.7 Å². The number of hydrogen-bond donors (Lipinski definition) is 1. The van der Waals surface area contributed by atoms with Gasteiger partial charge in [0, 0.05) is 38.3 Å². The van der Waals surface area contributed by atoms with Crippen LogP contribution < -0.4 is 5.73 Å². The molecule has 3 nitrogen and oxygen atoms in total. The molecule has 1 saturated heterocycles. The number of rotatable bonds is 4. The van der Waals surface area contributed by atoms with Crippen molar-refractivity contribution < 1.29 is 0 Å². The van der Waals surface area contributed by atoms with Crippen molar-refractivity contribution in [2.45, 2.75) is 39.8 Å². The molecule has 2 atom stereocenters. The fourth-order valence-corrected chi connectivity index (χ4v) is 2.22. The predicted molar refractivity (Wildman–Crippen MR) is 66.0 cm³/mol. The molecule has 2 unspecified atom stereocenters. The molecule has 3 heteroatoms. The van der Waals surface area contributed by atoms with Crippen molar-refractivity contribution in [3.63, 3.8) is 0 Å². The minimum atomic E-state index is 0.607. The predicted octanol–water partition coefficient (Wildman–Crippen LogP) is 0.996. The maximum absolute atomic E-state index is 5.72. The number of hydrogen-bond acceptors (Lipinski definition) is 3. The third-order valence-corrected chi connectivity index (χ3v) is 3.85. The Hall–Kier alpha value is -0.120. The molecule has 1 fully saturated rings. The largest absolute Gasteiger partial charge is 0.330 e. The number of nitrogens with two attached hydrogens (primary N) is 1. The monoisotopic (exact) mass is 213 g/mol. The van der Waals surface area contributed by atoms with Crippen LogP contribution >= 0.6 is 0 Å². The molecule has 1 aliphatic rings. The highest BCUT2D eigenvalue weighted by Gasteiger charge is 2.24. The van der Waals surface area contributed by atoms with E-state index >= 15 is 0 Å². The molecule has 1 rings (SSSR count). The molecule has 15 heavy (non-hydrogen) atoms. The lowest BCUT2D eigenvalue weighted by Gasteiger charge is -2.41. The molecule has 0 radical (unpaired) electrons. The van der Waals surface area contributed by atoms with E-state index in [-0.39, 0.29) is 0 Å². The highest BCUT2D eigenvalue weighted by atomic mass is 15.3. The van der Waals surface area contributed by atoms with E-state index in [0.29, 0.717) is 18.0 Å². The summed E-state index contributed by atoms with van der Waals surface area (Å²) >= 11 is 0.